The Labute approximate surface area is 117 Å². The molecule has 0 saturated carbocycles. The fourth-order valence-electron chi connectivity index (χ4n) is 2.73. The smallest absolute Gasteiger partial charge is 0.0364 e. The van der Waals surface area contributed by atoms with Crippen molar-refractivity contribution in [2.75, 3.05) is 51.7 Å². The number of nitrogens with one attached hydrogen (secondary N) is 1. The predicted molar refractivity (Wildman–Crippen MR) is 82.8 cm³/mol. The number of likely N-dealkylation sites (N-methyl/N-ethyl adjacent to an activating group) is 2. The minimum absolute atomic E-state index is 0.883. The largest absolute Gasteiger partial charge is 0.373 e. The van der Waals surface area contributed by atoms with Crippen molar-refractivity contribution < 1.29 is 0 Å². The van der Waals surface area contributed by atoms with Gasteiger partial charge in [0.1, 0.15) is 0 Å². The van der Waals surface area contributed by atoms with Gasteiger partial charge in [-0.15, -0.1) is 0 Å². The first-order valence-corrected chi connectivity index (χ1v) is 7.41. The first kappa shape index (κ1) is 14.4. The van der Waals surface area contributed by atoms with Crippen LogP contribution in [0.1, 0.15) is 12.8 Å². The number of hydrogen-bond donors (Lipinski definition) is 1. The van der Waals surface area contributed by atoms with E-state index in [1.165, 1.54) is 38.2 Å². The Kier molecular flexibility index (Phi) is 5.67. The Hall–Kier alpha value is -1.06. The molecule has 1 aromatic rings. The number of benzene rings is 1. The summed E-state index contributed by atoms with van der Waals surface area (Å²) >= 11 is 0. The lowest BCUT2D eigenvalue weighted by atomic mass is 9.98. The van der Waals surface area contributed by atoms with Crippen molar-refractivity contribution in [1.82, 2.24) is 10.2 Å². The zero-order valence-corrected chi connectivity index (χ0v) is 12.3. The minimum Gasteiger partial charge on any atom is -0.373 e. The van der Waals surface area contributed by atoms with Gasteiger partial charge in [-0.2, -0.15) is 0 Å². The fourth-order valence-corrected chi connectivity index (χ4v) is 2.73. The van der Waals surface area contributed by atoms with E-state index in [-0.39, 0.29) is 0 Å². The summed E-state index contributed by atoms with van der Waals surface area (Å²) in [5, 5.41) is 3.43. The Morgan fingerprint density at radius 2 is 1.74 bits per heavy atom. The van der Waals surface area contributed by atoms with Crippen molar-refractivity contribution in [2.24, 2.45) is 5.92 Å². The van der Waals surface area contributed by atoms with E-state index in [0.717, 1.165) is 19.0 Å². The third kappa shape index (κ3) is 4.84. The standard InChI is InChI=1S/C16H27N3/c1-18(14-15-8-10-17-11-9-15)12-13-19(2)16-6-4-3-5-7-16/h3-7,15,17H,8-14H2,1-2H3. The molecule has 0 amide bonds. The fraction of sp³-hybridized carbons (Fsp3) is 0.625. The molecule has 1 N–H and O–H groups in total. The molecule has 1 aliphatic rings. The SMILES string of the molecule is CN(CCN(C)c1ccccc1)CC1CCNCC1. The van der Waals surface area contributed by atoms with Crippen LogP contribution in [0.3, 0.4) is 0 Å². The van der Waals surface area contributed by atoms with Crippen LogP contribution < -0.4 is 10.2 Å². The Morgan fingerprint density at radius 1 is 1.05 bits per heavy atom. The second-order valence-corrected chi connectivity index (χ2v) is 5.71. The zero-order chi connectivity index (χ0) is 13.5. The highest BCUT2D eigenvalue weighted by molar-refractivity contribution is 5.44. The van der Waals surface area contributed by atoms with E-state index in [2.05, 4.69) is 59.5 Å². The van der Waals surface area contributed by atoms with Gasteiger partial charge < -0.3 is 15.1 Å². The molecule has 1 aromatic carbocycles. The van der Waals surface area contributed by atoms with Crippen LogP contribution in [-0.4, -0.2) is 51.7 Å². The van der Waals surface area contributed by atoms with Crippen LogP contribution in [0, 0.1) is 5.92 Å². The Bertz CT molecular complexity index is 346. The van der Waals surface area contributed by atoms with E-state index >= 15 is 0 Å². The summed E-state index contributed by atoms with van der Waals surface area (Å²) in [7, 11) is 4.43. The molecule has 3 heteroatoms. The maximum Gasteiger partial charge on any atom is 0.0364 e. The van der Waals surface area contributed by atoms with E-state index in [0.29, 0.717) is 0 Å². The van der Waals surface area contributed by atoms with E-state index in [4.69, 9.17) is 0 Å². The van der Waals surface area contributed by atoms with Crippen molar-refractivity contribution in [3.8, 4) is 0 Å². The molecular formula is C16H27N3. The molecule has 0 bridgehead atoms. The van der Waals surface area contributed by atoms with Gasteiger partial charge in [0, 0.05) is 32.4 Å². The lowest BCUT2D eigenvalue weighted by Gasteiger charge is -2.29. The predicted octanol–water partition coefficient (Wildman–Crippen LogP) is 2.05. The summed E-state index contributed by atoms with van der Waals surface area (Å²) in [4.78, 5) is 4.81. The molecule has 2 rings (SSSR count). The maximum atomic E-state index is 3.43. The minimum atomic E-state index is 0.883. The number of hydrogen-bond acceptors (Lipinski definition) is 3. The molecule has 106 valence electrons. The molecule has 19 heavy (non-hydrogen) atoms. The summed E-state index contributed by atoms with van der Waals surface area (Å²) in [6, 6.07) is 10.6. The normalized spacial score (nSPS) is 16.8. The third-order valence-corrected chi connectivity index (χ3v) is 4.04. The van der Waals surface area contributed by atoms with E-state index < -0.39 is 0 Å². The molecule has 0 atom stereocenters. The highest BCUT2D eigenvalue weighted by Gasteiger charge is 2.15. The summed E-state index contributed by atoms with van der Waals surface area (Å²) in [5.41, 5.74) is 1.30. The van der Waals surface area contributed by atoms with Gasteiger partial charge in [-0.1, -0.05) is 18.2 Å². The van der Waals surface area contributed by atoms with Crippen LogP contribution in [0.5, 0.6) is 0 Å². The van der Waals surface area contributed by atoms with Crippen molar-refractivity contribution in [3.63, 3.8) is 0 Å². The van der Waals surface area contributed by atoms with E-state index in [9.17, 15) is 0 Å². The Balaban J connectivity index is 1.69. The van der Waals surface area contributed by atoms with Crippen LogP contribution in [0.15, 0.2) is 30.3 Å². The first-order valence-electron chi connectivity index (χ1n) is 7.41. The average molecular weight is 261 g/mol. The highest BCUT2D eigenvalue weighted by Crippen LogP contribution is 2.13. The molecule has 0 spiro atoms. The van der Waals surface area contributed by atoms with Gasteiger partial charge in [0.2, 0.25) is 0 Å². The summed E-state index contributed by atoms with van der Waals surface area (Å²) in [5.74, 6) is 0.883. The van der Waals surface area contributed by atoms with Crippen LogP contribution in [0.25, 0.3) is 0 Å². The molecule has 1 saturated heterocycles. The van der Waals surface area contributed by atoms with Crippen LogP contribution in [0.4, 0.5) is 5.69 Å². The molecular weight excluding hydrogens is 234 g/mol. The van der Waals surface area contributed by atoms with Gasteiger partial charge >= 0.3 is 0 Å². The molecule has 1 fully saturated rings. The summed E-state index contributed by atoms with van der Waals surface area (Å²) < 4.78 is 0. The topological polar surface area (TPSA) is 18.5 Å². The molecule has 1 aliphatic heterocycles. The summed E-state index contributed by atoms with van der Waals surface area (Å²) in [6.45, 7) is 5.86. The molecule has 0 aliphatic carbocycles. The first-order chi connectivity index (χ1) is 9.25. The molecule has 1 heterocycles. The number of para-hydroxylation sites is 1. The molecule has 3 nitrogen and oxygen atoms in total. The summed E-state index contributed by atoms with van der Waals surface area (Å²) in [6.07, 6.45) is 2.66. The van der Waals surface area contributed by atoms with Crippen LogP contribution in [0.2, 0.25) is 0 Å². The van der Waals surface area contributed by atoms with Crippen molar-refractivity contribution in [2.45, 2.75) is 12.8 Å². The lowest BCUT2D eigenvalue weighted by Crippen LogP contribution is -2.37. The zero-order valence-electron chi connectivity index (χ0n) is 12.3. The Morgan fingerprint density at radius 3 is 2.42 bits per heavy atom. The quantitative estimate of drug-likeness (QED) is 0.845. The number of piperidine rings is 1. The maximum absolute atomic E-state index is 3.43. The van der Waals surface area contributed by atoms with Gasteiger partial charge in [0.15, 0.2) is 0 Å². The van der Waals surface area contributed by atoms with Crippen molar-refractivity contribution >= 4 is 5.69 Å². The van der Waals surface area contributed by atoms with E-state index in [1.807, 2.05) is 0 Å². The van der Waals surface area contributed by atoms with Gasteiger partial charge in [-0.25, -0.2) is 0 Å². The lowest BCUT2D eigenvalue weighted by molar-refractivity contribution is 0.244. The molecule has 0 radical (unpaired) electrons. The second kappa shape index (κ2) is 7.51. The van der Waals surface area contributed by atoms with E-state index in [1.54, 1.807) is 0 Å². The van der Waals surface area contributed by atoms with Gasteiger partial charge in [0.25, 0.3) is 0 Å². The van der Waals surface area contributed by atoms with Crippen molar-refractivity contribution in [1.29, 1.82) is 0 Å². The van der Waals surface area contributed by atoms with Crippen LogP contribution >= 0.6 is 0 Å². The number of anilines is 1. The highest BCUT2D eigenvalue weighted by atomic mass is 15.2. The molecule has 0 aromatic heterocycles. The van der Waals surface area contributed by atoms with Gasteiger partial charge in [-0.3, -0.25) is 0 Å². The van der Waals surface area contributed by atoms with Gasteiger partial charge in [-0.05, 0) is 51.0 Å². The number of rotatable bonds is 6. The monoisotopic (exact) mass is 261 g/mol. The number of nitrogens with zero attached hydrogens (tertiary/aromatic N) is 2. The van der Waals surface area contributed by atoms with Gasteiger partial charge in [0.05, 0.1) is 0 Å². The van der Waals surface area contributed by atoms with Crippen molar-refractivity contribution in [3.05, 3.63) is 30.3 Å². The average Bonchev–Trinajstić information content (AvgIpc) is 2.47. The van der Waals surface area contributed by atoms with Crippen LogP contribution in [-0.2, 0) is 0 Å². The third-order valence-electron chi connectivity index (χ3n) is 4.04. The second-order valence-electron chi connectivity index (χ2n) is 5.71. The molecule has 0 unspecified atom stereocenters.